The van der Waals surface area contributed by atoms with Crippen LogP contribution in [0.3, 0.4) is 0 Å². The number of rotatable bonds is 5. The molecule has 2 rings (SSSR count). The summed E-state index contributed by atoms with van der Waals surface area (Å²) in [5, 5.41) is 0.285. The Morgan fingerprint density at radius 3 is 2.58 bits per heavy atom. The van der Waals surface area contributed by atoms with Gasteiger partial charge in [-0.1, -0.05) is 36.8 Å². The molecule has 2 aromatic rings. The van der Waals surface area contributed by atoms with Gasteiger partial charge in [-0.2, -0.15) is 0 Å². The Morgan fingerprint density at radius 1 is 1.21 bits per heavy atom. The van der Waals surface area contributed by atoms with Crippen LogP contribution in [0.5, 0.6) is 0 Å². The molecule has 0 amide bonds. The molecule has 0 aliphatic heterocycles. The van der Waals surface area contributed by atoms with Crippen LogP contribution in [0.1, 0.15) is 29.7 Å². The Balaban J connectivity index is 2.26. The zero-order chi connectivity index (χ0) is 13.7. The van der Waals surface area contributed by atoms with Crippen LogP contribution in [0.4, 0.5) is 0 Å². The summed E-state index contributed by atoms with van der Waals surface area (Å²) in [5.74, 6) is 0. The van der Waals surface area contributed by atoms with Gasteiger partial charge in [0, 0.05) is 28.6 Å². The molecule has 1 aromatic carbocycles. The molecule has 0 spiro atoms. The van der Waals surface area contributed by atoms with Crippen molar-refractivity contribution in [3.8, 4) is 0 Å². The minimum absolute atomic E-state index is 0.153. The van der Waals surface area contributed by atoms with E-state index in [-0.39, 0.29) is 11.3 Å². The summed E-state index contributed by atoms with van der Waals surface area (Å²) in [6, 6.07) is 12.9. The number of hydrogen-bond donors (Lipinski definition) is 1. The van der Waals surface area contributed by atoms with Gasteiger partial charge in [-0.25, -0.2) is 0 Å². The standard InChI is InChI=1S/C16H20N2S/c1-3-15(17)16(13-6-4-5-12(2)11-13)19-14-7-9-18-10-8-14/h4-11,15-16H,3,17H2,1-2H3. The molecule has 0 aliphatic carbocycles. The number of aryl methyl sites for hydroxylation is 1. The first-order valence-electron chi connectivity index (χ1n) is 6.59. The SMILES string of the molecule is CCC(N)C(Sc1ccncc1)c1cccc(C)c1. The molecule has 0 fully saturated rings. The van der Waals surface area contributed by atoms with E-state index < -0.39 is 0 Å². The van der Waals surface area contributed by atoms with Crippen molar-refractivity contribution in [1.29, 1.82) is 0 Å². The molecule has 0 radical (unpaired) electrons. The number of nitrogens with zero attached hydrogens (tertiary/aromatic N) is 1. The molecular weight excluding hydrogens is 252 g/mol. The maximum Gasteiger partial charge on any atom is 0.0495 e. The molecule has 2 unspecified atom stereocenters. The topological polar surface area (TPSA) is 38.9 Å². The normalized spacial score (nSPS) is 14.1. The zero-order valence-electron chi connectivity index (χ0n) is 11.4. The van der Waals surface area contributed by atoms with E-state index in [9.17, 15) is 0 Å². The predicted octanol–water partition coefficient (Wildman–Crippen LogP) is 3.96. The van der Waals surface area contributed by atoms with Crippen molar-refractivity contribution in [3.63, 3.8) is 0 Å². The van der Waals surface area contributed by atoms with Crippen LogP contribution in [-0.2, 0) is 0 Å². The van der Waals surface area contributed by atoms with Crippen LogP contribution in [0.15, 0.2) is 53.7 Å². The molecule has 19 heavy (non-hydrogen) atoms. The lowest BCUT2D eigenvalue weighted by molar-refractivity contribution is 0.634. The van der Waals surface area contributed by atoms with E-state index in [1.807, 2.05) is 36.3 Å². The summed E-state index contributed by atoms with van der Waals surface area (Å²) in [5.41, 5.74) is 8.89. The first-order valence-corrected chi connectivity index (χ1v) is 7.47. The average Bonchev–Trinajstić information content (AvgIpc) is 2.45. The molecule has 0 saturated carbocycles. The van der Waals surface area contributed by atoms with Gasteiger partial charge in [0.25, 0.3) is 0 Å². The number of pyridine rings is 1. The van der Waals surface area contributed by atoms with Crippen LogP contribution in [-0.4, -0.2) is 11.0 Å². The maximum absolute atomic E-state index is 6.31. The summed E-state index contributed by atoms with van der Waals surface area (Å²) in [6.45, 7) is 4.26. The van der Waals surface area contributed by atoms with E-state index in [4.69, 9.17) is 5.73 Å². The van der Waals surface area contributed by atoms with E-state index in [1.165, 1.54) is 16.0 Å². The predicted molar refractivity (Wildman–Crippen MR) is 82.3 cm³/mol. The van der Waals surface area contributed by atoms with Gasteiger partial charge in [-0.05, 0) is 31.0 Å². The molecule has 1 aromatic heterocycles. The Labute approximate surface area is 119 Å². The van der Waals surface area contributed by atoms with Gasteiger partial charge in [-0.3, -0.25) is 4.98 Å². The van der Waals surface area contributed by atoms with Gasteiger partial charge in [-0.15, -0.1) is 11.8 Å². The van der Waals surface area contributed by atoms with Gasteiger partial charge in [0.15, 0.2) is 0 Å². The number of nitrogens with two attached hydrogens (primary N) is 1. The quantitative estimate of drug-likeness (QED) is 0.837. The second-order valence-corrected chi connectivity index (χ2v) is 5.92. The Bertz CT molecular complexity index is 513. The average molecular weight is 272 g/mol. The van der Waals surface area contributed by atoms with Crippen LogP contribution in [0, 0.1) is 6.92 Å². The molecule has 2 N–H and O–H groups in total. The lowest BCUT2D eigenvalue weighted by Crippen LogP contribution is -2.25. The first-order chi connectivity index (χ1) is 9.20. The van der Waals surface area contributed by atoms with Crippen LogP contribution in [0.2, 0.25) is 0 Å². The largest absolute Gasteiger partial charge is 0.326 e. The third kappa shape index (κ3) is 3.82. The molecule has 2 atom stereocenters. The summed E-state index contributed by atoms with van der Waals surface area (Å²) in [6.07, 6.45) is 4.62. The number of benzene rings is 1. The van der Waals surface area contributed by atoms with Gasteiger partial charge < -0.3 is 5.73 Å². The molecule has 1 heterocycles. The molecule has 100 valence electrons. The second kappa shape index (κ2) is 6.73. The van der Waals surface area contributed by atoms with E-state index in [0.29, 0.717) is 0 Å². The van der Waals surface area contributed by atoms with E-state index in [1.54, 1.807) is 0 Å². The van der Waals surface area contributed by atoms with Crippen molar-refractivity contribution in [2.75, 3.05) is 0 Å². The lowest BCUT2D eigenvalue weighted by Gasteiger charge is -2.23. The Morgan fingerprint density at radius 2 is 1.95 bits per heavy atom. The van der Waals surface area contributed by atoms with Crippen molar-refractivity contribution in [1.82, 2.24) is 4.98 Å². The number of thioether (sulfide) groups is 1. The molecule has 0 bridgehead atoms. The van der Waals surface area contributed by atoms with Crippen LogP contribution < -0.4 is 5.73 Å². The highest BCUT2D eigenvalue weighted by molar-refractivity contribution is 7.99. The highest BCUT2D eigenvalue weighted by atomic mass is 32.2. The smallest absolute Gasteiger partial charge is 0.0495 e. The fraction of sp³-hybridized carbons (Fsp3) is 0.312. The highest BCUT2D eigenvalue weighted by Gasteiger charge is 2.19. The maximum atomic E-state index is 6.31. The van der Waals surface area contributed by atoms with Crippen LogP contribution in [0.25, 0.3) is 0 Å². The van der Waals surface area contributed by atoms with Crippen LogP contribution >= 0.6 is 11.8 Å². The van der Waals surface area contributed by atoms with Gasteiger partial charge >= 0.3 is 0 Å². The summed E-state index contributed by atoms with van der Waals surface area (Å²) in [7, 11) is 0. The molecule has 2 nitrogen and oxygen atoms in total. The van der Waals surface area contributed by atoms with Gasteiger partial charge in [0.1, 0.15) is 0 Å². The van der Waals surface area contributed by atoms with E-state index >= 15 is 0 Å². The summed E-state index contributed by atoms with van der Waals surface area (Å²) < 4.78 is 0. The fourth-order valence-corrected chi connectivity index (χ4v) is 3.25. The van der Waals surface area contributed by atoms with Gasteiger partial charge in [0.05, 0.1) is 0 Å². The second-order valence-electron chi connectivity index (χ2n) is 4.71. The van der Waals surface area contributed by atoms with Crippen molar-refractivity contribution in [2.45, 2.75) is 36.5 Å². The van der Waals surface area contributed by atoms with Crippen molar-refractivity contribution < 1.29 is 0 Å². The minimum atomic E-state index is 0.153. The Kier molecular flexibility index (Phi) is 5.00. The van der Waals surface area contributed by atoms with E-state index in [0.717, 1.165) is 6.42 Å². The summed E-state index contributed by atoms with van der Waals surface area (Å²) in [4.78, 5) is 5.27. The molecule has 0 aliphatic rings. The Hall–Kier alpha value is -1.32. The highest BCUT2D eigenvalue weighted by Crippen LogP contribution is 2.37. The molecule has 3 heteroatoms. The minimum Gasteiger partial charge on any atom is -0.326 e. The number of aromatic nitrogens is 1. The van der Waals surface area contributed by atoms with E-state index in [2.05, 4.69) is 43.1 Å². The third-order valence-corrected chi connectivity index (χ3v) is 4.56. The third-order valence-electron chi connectivity index (χ3n) is 3.14. The van der Waals surface area contributed by atoms with Gasteiger partial charge in [0.2, 0.25) is 0 Å². The molecule has 0 saturated heterocycles. The monoisotopic (exact) mass is 272 g/mol. The summed E-state index contributed by atoms with van der Waals surface area (Å²) >= 11 is 1.82. The van der Waals surface area contributed by atoms with Crippen molar-refractivity contribution >= 4 is 11.8 Å². The van der Waals surface area contributed by atoms with Crippen molar-refractivity contribution in [3.05, 3.63) is 59.9 Å². The molecular formula is C16H20N2S. The van der Waals surface area contributed by atoms with Crippen molar-refractivity contribution in [2.24, 2.45) is 5.73 Å². The lowest BCUT2D eigenvalue weighted by atomic mass is 10.0. The first kappa shape index (κ1) is 14.1. The zero-order valence-corrected chi connectivity index (χ0v) is 12.2. The number of hydrogen-bond acceptors (Lipinski definition) is 3. The fourth-order valence-electron chi connectivity index (χ4n) is 2.03.